The predicted molar refractivity (Wildman–Crippen MR) is 104 cm³/mol. The molecule has 2 rings (SSSR count). The summed E-state index contributed by atoms with van der Waals surface area (Å²) in [7, 11) is 0.896. The van der Waals surface area contributed by atoms with Crippen LogP contribution in [0.25, 0.3) is 0 Å². The van der Waals surface area contributed by atoms with Crippen molar-refractivity contribution in [3.63, 3.8) is 0 Å². The van der Waals surface area contributed by atoms with E-state index in [0.717, 1.165) is 4.31 Å². The molecule has 1 heterocycles. The number of aromatic nitrogens is 1. The molecule has 0 fully saturated rings. The molecule has 0 spiro atoms. The number of hydrogen-bond donors (Lipinski definition) is 0. The number of carbonyl (C=O) groups excluding carboxylic acids is 1. The Morgan fingerprint density at radius 1 is 1.22 bits per heavy atom. The molecular weight excluding hydrogens is 413 g/mol. The number of nitrogens with zero attached hydrogens (tertiary/aromatic N) is 3. The van der Waals surface area contributed by atoms with E-state index < -0.39 is 15.8 Å². The Bertz CT molecular complexity index is 901. The first-order valence-corrected chi connectivity index (χ1v) is 10.6. The molecule has 0 unspecified atom stereocenters. The van der Waals surface area contributed by atoms with Gasteiger partial charge >= 0.3 is 0 Å². The second-order valence-corrected chi connectivity index (χ2v) is 9.41. The molecule has 0 saturated heterocycles. The largest absolute Gasteiger partial charge is 0.341 e. The minimum atomic E-state index is -3.54. The van der Waals surface area contributed by atoms with Crippen molar-refractivity contribution in [3.8, 4) is 0 Å². The molecule has 0 N–H and O–H groups in total. The Kier molecular flexibility index (Phi) is 7.21. The summed E-state index contributed by atoms with van der Waals surface area (Å²) in [6.45, 7) is 0.0539. The van der Waals surface area contributed by atoms with Gasteiger partial charge in [-0.15, -0.1) is 0 Å². The fraction of sp³-hybridized carbons (Fsp3) is 0.294. The van der Waals surface area contributed by atoms with E-state index in [9.17, 15) is 17.6 Å². The SMILES string of the molecule is CN(Cc1c(F)cccc1Cl)C(=O)CSc1ccc(S(=O)(=O)N(C)C)cn1. The molecule has 10 heteroatoms. The van der Waals surface area contributed by atoms with Crippen LogP contribution < -0.4 is 0 Å². The average Bonchev–Trinajstić information content (AvgIpc) is 2.62. The van der Waals surface area contributed by atoms with E-state index in [2.05, 4.69) is 4.98 Å². The van der Waals surface area contributed by atoms with E-state index in [0.29, 0.717) is 5.03 Å². The highest BCUT2D eigenvalue weighted by atomic mass is 35.5. The van der Waals surface area contributed by atoms with E-state index in [-0.39, 0.29) is 33.7 Å². The van der Waals surface area contributed by atoms with Gasteiger partial charge in [0.05, 0.1) is 10.8 Å². The highest BCUT2D eigenvalue weighted by molar-refractivity contribution is 7.99. The number of thioether (sulfide) groups is 1. The lowest BCUT2D eigenvalue weighted by Crippen LogP contribution is -2.28. The van der Waals surface area contributed by atoms with Crippen molar-refractivity contribution >= 4 is 39.3 Å². The van der Waals surface area contributed by atoms with E-state index in [4.69, 9.17) is 11.6 Å². The molecule has 1 aromatic carbocycles. The minimum Gasteiger partial charge on any atom is -0.341 e. The van der Waals surface area contributed by atoms with Crippen LogP contribution in [0.1, 0.15) is 5.56 Å². The van der Waals surface area contributed by atoms with Crippen molar-refractivity contribution in [2.75, 3.05) is 26.9 Å². The Labute approximate surface area is 167 Å². The van der Waals surface area contributed by atoms with Crippen LogP contribution in [0.4, 0.5) is 4.39 Å². The summed E-state index contributed by atoms with van der Waals surface area (Å²) in [5.74, 6) is -0.615. The molecule has 0 radical (unpaired) electrons. The van der Waals surface area contributed by atoms with Crippen molar-refractivity contribution in [2.24, 2.45) is 0 Å². The molecule has 0 aliphatic heterocycles. The first-order chi connectivity index (χ1) is 12.6. The van der Waals surface area contributed by atoms with Crippen LogP contribution in [0, 0.1) is 5.82 Å². The van der Waals surface area contributed by atoms with E-state index in [1.165, 1.54) is 55.2 Å². The van der Waals surface area contributed by atoms with Gasteiger partial charge in [-0.05, 0) is 24.3 Å². The van der Waals surface area contributed by atoms with Crippen LogP contribution in [-0.4, -0.2) is 55.4 Å². The summed E-state index contributed by atoms with van der Waals surface area (Å²) >= 11 is 7.15. The van der Waals surface area contributed by atoms with Gasteiger partial charge in [0.1, 0.15) is 10.7 Å². The highest BCUT2D eigenvalue weighted by Gasteiger charge is 2.18. The van der Waals surface area contributed by atoms with Gasteiger partial charge in [0.15, 0.2) is 0 Å². The average molecular weight is 432 g/mol. The van der Waals surface area contributed by atoms with Crippen LogP contribution in [0.3, 0.4) is 0 Å². The smallest absolute Gasteiger partial charge is 0.244 e. The summed E-state index contributed by atoms with van der Waals surface area (Å²) < 4.78 is 38.9. The molecule has 6 nitrogen and oxygen atoms in total. The number of benzene rings is 1. The van der Waals surface area contributed by atoms with Crippen LogP contribution >= 0.6 is 23.4 Å². The second-order valence-electron chi connectivity index (χ2n) is 5.86. The lowest BCUT2D eigenvalue weighted by Gasteiger charge is -2.18. The van der Waals surface area contributed by atoms with Gasteiger partial charge in [-0.3, -0.25) is 4.79 Å². The van der Waals surface area contributed by atoms with Gasteiger partial charge in [-0.2, -0.15) is 0 Å². The summed E-state index contributed by atoms with van der Waals surface area (Å²) in [6.07, 6.45) is 1.25. The number of pyridine rings is 1. The van der Waals surface area contributed by atoms with Crippen molar-refractivity contribution in [3.05, 3.63) is 52.9 Å². The lowest BCUT2D eigenvalue weighted by molar-refractivity contribution is -0.127. The molecule has 0 atom stereocenters. The third kappa shape index (κ3) is 5.41. The molecular formula is C17H19ClFN3O3S2. The van der Waals surface area contributed by atoms with Gasteiger partial charge in [0, 0.05) is 44.5 Å². The third-order valence-corrected chi connectivity index (χ3v) is 6.80. The normalized spacial score (nSPS) is 11.6. The van der Waals surface area contributed by atoms with Gasteiger partial charge in [0.2, 0.25) is 15.9 Å². The molecule has 1 amide bonds. The first kappa shape index (κ1) is 21.6. The summed E-state index contributed by atoms with van der Waals surface area (Å²) in [5.41, 5.74) is 0.261. The Morgan fingerprint density at radius 2 is 1.93 bits per heavy atom. The van der Waals surface area contributed by atoms with E-state index in [1.807, 2.05) is 0 Å². The number of sulfonamides is 1. The minimum absolute atomic E-state index is 0.0539. The Morgan fingerprint density at radius 3 is 2.48 bits per heavy atom. The van der Waals surface area contributed by atoms with Gasteiger partial charge in [-0.1, -0.05) is 29.4 Å². The summed E-state index contributed by atoms with van der Waals surface area (Å²) in [6, 6.07) is 7.35. The predicted octanol–water partition coefficient (Wildman–Crippen LogP) is 2.88. The molecule has 1 aromatic heterocycles. The number of hydrogen-bond acceptors (Lipinski definition) is 5. The van der Waals surface area contributed by atoms with Crippen LogP contribution in [0.5, 0.6) is 0 Å². The van der Waals surface area contributed by atoms with Crippen LogP contribution in [-0.2, 0) is 21.4 Å². The van der Waals surface area contributed by atoms with Gasteiger partial charge in [0.25, 0.3) is 0 Å². The fourth-order valence-electron chi connectivity index (χ4n) is 2.07. The molecule has 0 bridgehead atoms. The Hall–Kier alpha value is -1.68. The lowest BCUT2D eigenvalue weighted by atomic mass is 10.2. The number of rotatable bonds is 7. The van der Waals surface area contributed by atoms with Crippen molar-refractivity contribution in [1.29, 1.82) is 0 Å². The maximum absolute atomic E-state index is 13.8. The first-order valence-electron chi connectivity index (χ1n) is 7.81. The molecule has 146 valence electrons. The number of carbonyl (C=O) groups is 1. The standard InChI is InChI=1S/C17H19ClFN3O3S2/c1-21(2)27(24,25)12-7-8-16(20-9-12)26-11-17(23)22(3)10-13-14(18)5-4-6-15(13)19/h4-9H,10-11H2,1-3H3. The van der Waals surface area contributed by atoms with Gasteiger partial charge < -0.3 is 4.90 Å². The molecule has 0 saturated carbocycles. The monoisotopic (exact) mass is 431 g/mol. The second kappa shape index (κ2) is 9.01. The zero-order valence-corrected chi connectivity index (χ0v) is 17.4. The van der Waals surface area contributed by atoms with Gasteiger partial charge in [-0.25, -0.2) is 22.1 Å². The quantitative estimate of drug-likeness (QED) is 0.630. The van der Waals surface area contributed by atoms with Crippen molar-refractivity contribution < 1.29 is 17.6 Å². The zero-order valence-electron chi connectivity index (χ0n) is 15.0. The third-order valence-electron chi connectivity index (χ3n) is 3.71. The topological polar surface area (TPSA) is 70.6 Å². The number of halogens is 2. The number of amides is 1. The summed E-state index contributed by atoms with van der Waals surface area (Å²) in [5, 5.41) is 0.778. The molecule has 2 aromatic rings. The van der Waals surface area contributed by atoms with Crippen molar-refractivity contribution in [2.45, 2.75) is 16.5 Å². The van der Waals surface area contributed by atoms with E-state index in [1.54, 1.807) is 19.2 Å². The maximum atomic E-state index is 13.8. The zero-order chi connectivity index (χ0) is 20.2. The maximum Gasteiger partial charge on any atom is 0.244 e. The fourth-order valence-corrected chi connectivity index (χ4v) is 3.92. The van der Waals surface area contributed by atoms with Crippen molar-refractivity contribution in [1.82, 2.24) is 14.2 Å². The van der Waals surface area contributed by atoms with Crippen LogP contribution in [0.15, 0.2) is 46.5 Å². The Balaban J connectivity index is 1.97. The highest BCUT2D eigenvalue weighted by Crippen LogP contribution is 2.22. The van der Waals surface area contributed by atoms with E-state index >= 15 is 0 Å². The van der Waals surface area contributed by atoms with Crippen LogP contribution in [0.2, 0.25) is 5.02 Å². The molecule has 0 aliphatic rings. The molecule has 0 aliphatic carbocycles. The molecule has 27 heavy (non-hydrogen) atoms. The summed E-state index contributed by atoms with van der Waals surface area (Å²) in [4.78, 5) is 17.8.